The third-order valence-electron chi connectivity index (χ3n) is 6.31. The Kier molecular flexibility index (Phi) is 8.00. The first-order valence-electron chi connectivity index (χ1n) is 11.6. The van der Waals surface area contributed by atoms with E-state index in [0.717, 1.165) is 25.7 Å². The van der Waals surface area contributed by atoms with Crippen LogP contribution >= 0.6 is 11.6 Å². The van der Waals surface area contributed by atoms with E-state index in [-0.39, 0.29) is 30.3 Å². The highest BCUT2D eigenvalue weighted by atomic mass is 35.5. The molecule has 2 aliphatic rings. The van der Waals surface area contributed by atoms with Crippen molar-refractivity contribution in [3.63, 3.8) is 0 Å². The van der Waals surface area contributed by atoms with Crippen molar-refractivity contribution in [1.29, 1.82) is 5.26 Å². The van der Waals surface area contributed by atoms with Gasteiger partial charge in [0.2, 0.25) is 0 Å². The fraction of sp³-hybridized carbons (Fsp3) is 0.458. The van der Waals surface area contributed by atoms with Crippen molar-refractivity contribution in [2.75, 3.05) is 37.6 Å². The van der Waals surface area contributed by atoms with Crippen LogP contribution in [0, 0.1) is 11.3 Å². The minimum Gasteiger partial charge on any atom is -0.490 e. The lowest BCUT2D eigenvalue weighted by atomic mass is 9.93. The van der Waals surface area contributed by atoms with Crippen molar-refractivity contribution < 1.29 is 19.4 Å². The first-order valence-corrected chi connectivity index (χ1v) is 12.0. The van der Waals surface area contributed by atoms with Gasteiger partial charge >= 0.3 is 5.97 Å². The van der Waals surface area contributed by atoms with Gasteiger partial charge < -0.3 is 20.1 Å². The second-order valence-corrected chi connectivity index (χ2v) is 9.16. The molecule has 1 saturated carbocycles. The van der Waals surface area contributed by atoms with Crippen molar-refractivity contribution in [3.8, 4) is 11.8 Å². The van der Waals surface area contributed by atoms with Crippen LogP contribution in [-0.4, -0.2) is 76.9 Å². The number of carbonyl (C=O) groups excluding carboxylic acids is 1. The van der Waals surface area contributed by atoms with E-state index in [1.54, 1.807) is 30.3 Å². The number of amides is 1. The Hall–Kier alpha value is -3.42. The van der Waals surface area contributed by atoms with Crippen LogP contribution in [0.25, 0.3) is 0 Å². The number of carbonyl (C=O) groups is 2. The van der Waals surface area contributed by atoms with Crippen LogP contribution in [0.1, 0.15) is 41.7 Å². The average molecular weight is 499 g/mol. The number of halogens is 1. The van der Waals surface area contributed by atoms with E-state index in [9.17, 15) is 9.59 Å². The van der Waals surface area contributed by atoms with Crippen LogP contribution in [0.3, 0.4) is 0 Å². The van der Waals surface area contributed by atoms with Crippen LogP contribution < -0.4 is 15.0 Å². The number of piperazine rings is 1. The molecule has 0 spiro atoms. The van der Waals surface area contributed by atoms with Gasteiger partial charge in [0, 0.05) is 38.3 Å². The van der Waals surface area contributed by atoms with Crippen molar-refractivity contribution >= 4 is 29.3 Å². The number of rotatable bonds is 7. The summed E-state index contributed by atoms with van der Waals surface area (Å²) in [6.45, 7) is 2.64. The SMILES string of the molecule is N#Cc1ccc(OC2CCC(NC(=O)c3ccc(N4CCN(CC(=O)O)CC4)nn3)CC2)cc1Cl. The number of carboxylic acid groups (broad SMARTS) is 1. The molecule has 2 fully saturated rings. The second-order valence-electron chi connectivity index (χ2n) is 8.75. The highest BCUT2D eigenvalue weighted by molar-refractivity contribution is 6.31. The predicted octanol–water partition coefficient (Wildman–Crippen LogP) is 2.33. The molecule has 10 nitrogen and oxygen atoms in total. The largest absolute Gasteiger partial charge is 0.490 e. The minimum atomic E-state index is -0.828. The summed E-state index contributed by atoms with van der Waals surface area (Å²) in [5, 5.41) is 29.6. The van der Waals surface area contributed by atoms with Gasteiger partial charge in [-0.3, -0.25) is 14.5 Å². The van der Waals surface area contributed by atoms with Gasteiger partial charge in [0.25, 0.3) is 5.91 Å². The molecular weight excluding hydrogens is 472 g/mol. The van der Waals surface area contributed by atoms with Gasteiger partial charge in [0.1, 0.15) is 11.8 Å². The van der Waals surface area contributed by atoms with E-state index in [2.05, 4.69) is 15.5 Å². The number of hydrogen-bond acceptors (Lipinski definition) is 8. The Morgan fingerprint density at radius 3 is 2.46 bits per heavy atom. The fourth-order valence-electron chi connectivity index (χ4n) is 4.38. The molecule has 4 rings (SSSR count). The Morgan fingerprint density at radius 1 is 1.11 bits per heavy atom. The molecule has 2 heterocycles. The summed E-state index contributed by atoms with van der Waals surface area (Å²) in [7, 11) is 0. The van der Waals surface area contributed by atoms with Crippen LogP contribution in [0.2, 0.25) is 5.02 Å². The predicted molar refractivity (Wildman–Crippen MR) is 129 cm³/mol. The second kappa shape index (κ2) is 11.3. The van der Waals surface area contributed by atoms with Gasteiger partial charge in [-0.2, -0.15) is 5.26 Å². The lowest BCUT2D eigenvalue weighted by molar-refractivity contribution is -0.138. The molecule has 0 unspecified atom stereocenters. The number of benzene rings is 1. The summed E-state index contributed by atoms with van der Waals surface area (Å²) in [4.78, 5) is 27.4. The van der Waals surface area contributed by atoms with Crippen molar-refractivity contribution in [3.05, 3.63) is 46.6 Å². The summed E-state index contributed by atoms with van der Waals surface area (Å²) in [6, 6.07) is 10.6. The number of aromatic nitrogens is 2. The molecule has 0 radical (unpaired) electrons. The molecule has 1 aromatic heterocycles. The topological polar surface area (TPSA) is 132 Å². The van der Waals surface area contributed by atoms with E-state index in [0.29, 0.717) is 48.3 Å². The molecule has 1 aromatic carbocycles. The summed E-state index contributed by atoms with van der Waals surface area (Å²) in [5.74, 6) is 0.238. The molecule has 0 atom stereocenters. The molecule has 1 aliphatic carbocycles. The van der Waals surface area contributed by atoms with Crippen molar-refractivity contribution in [1.82, 2.24) is 20.4 Å². The number of nitrogens with one attached hydrogen (secondary N) is 1. The van der Waals surface area contributed by atoms with Gasteiger partial charge in [0.05, 0.1) is 23.2 Å². The number of ether oxygens (including phenoxy) is 1. The molecule has 11 heteroatoms. The monoisotopic (exact) mass is 498 g/mol. The maximum Gasteiger partial charge on any atom is 0.317 e. The molecule has 2 N–H and O–H groups in total. The van der Waals surface area contributed by atoms with Crippen molar-refractivity contribution in [2.24, 2.45) is 0 Å². The van der Waals surface area contributed by atoms with E-state index < -0.39 is 5.97 Å². The molecule has 0 bridgehead atoms. The first-order chi connectivity index (χ1) is 16.9. The molecule has 1 amide bonds. The lowest BCUT2D eigenvalue weighted by Crippen LogP contribution is -2.48. The number of aliphatic carboxylic acids is 1. The highest BCUT2D eigenvalue weighted by Gasteiger charge is 2.25. The lowest BCUT2D eigenvalue weighted by Gasteiger charge is -2.34. The molecular formula is C24H27ClN6O4. The Balaban J connectivity index is 1.22. The van der Waals surface area contributed by atoms with E-state index in [1.165, 1.54) is 0 Å². The quantitative estimate of drug-likeness (QED) is 0.590. The zero-order chi connectivity index (χ0) is 24.8. The highest BCUT2D eigenvalue weighted by Crippen LogP contribution is 2.27. The van der Waals surface area contributed by atoms with Crippen LogP contribution in [-0.2, 0) is 4.79 Å². The van der Waals surface area contributed by atoms with Crippen molar-refractivity contribution in [2.45, 2.75) is 37.8 Å². The third kappa shape index (κ3) is 6.59. The summed E-state index contributed by atoms with van der Waals surface area (Å²) in [5.41, 5.74) is 0.684. The molecule has 35 heavy (non-hydrogen) atoms. The normalized spacial score (nSPS) is 20.6. The molecule has 2 aromatic rings. The van der Waals surface area contributed by atoms with Gasteiger partial charge in [-0.15, -0.1) is 10.2 Å². The number of hydrogen-bond donors (Lipinski definition) is 2. The summed E-state index contributed by atoms with van der Waals surface area (Å²) in [6.07, 6.45) is 3.18. The van der Waals surface area contributed by atoms with Gasteiger partial charge in [0.15, 0.2) is 11.5 Å². The molecule has 1 saturated heterocycles. The number of carboxylic acids is 1. The van der Waals surface area contributed by atoms with Crippen LogP contribution in [0.15, 0.2) is 30.3 Å². The number of anilines is 1. The average Bonchev–Trinajstić information content (AvgIpc) is 2.85. The van der Waals surface area contributed by atoms with E-state index >= 15 is 0 Å². The Bertz CT molecular complexity index is 1090. The zero-order valence-corrected chi connectivity index (χ0v) is 19.9. The van der Waals surface area contributed by atoms with E-state index in [4.69, 9.17) is 26.7 Å². The summed E-state index contributed by atoms with van der Waals surface area (Å²) >= 11 is 6.08. The molecule has 184 valence electrons. The van der Waals surface area contributed by atoms with Crippen LogP contribution in [0.5, 0.6) is 5.75 Å². The standard InChI is InChI=1S/C24H27ClN6O4/c25-20-13-19(4-1-16(20)14-26)35-18-5-2-17(3-6-18)27-24(34)21-7-8-22(29-28-21)31-11-9-30(10-12-31)15-23(32)33/h1,4,7-8,13,17-18H,2-3,5-6,9-12,15H2,(H,27,34)(H,32,33). The van der Waals surface area contributed by atoms with Gasteiger partial charge in [-0.25, -0.2) is 0 Å². The third-order valence-corrected chi connectivity index (χ3v) is 6.62. The number of nitrogens with zero attached hydrogens (tertiary/aromatic N) is 5. The molecule has 1 aliphatic heterocycles. The fourth-order valence-corrected chi connectivity index (χ4v) is 4.59. The van der Waals surface area contributed by atoms with Gasteiger partial charge in [-0.05, 0) is 49.9 Å². The maximum absolute atomic E-state index is 12.7. The van der Waals surface area contributed by atoms with Crippen LogP contribution in [0.4, 0.5) is 5.82 Å². The zero-order valence-electron chi connectivity index (χ0n) is 19.2. The first kappa shape index (κ1) is 24.7. The summed E-state index contributed by atoms with van der Waals surface area (Å²) < 4.78 is 6.00. The Labute approximate surface area is 208 Å². The maximum atomic E-state index is 12.7. The Morgan fingerprint density at radius 2 is 1.86 bits per heavy atom. The smallest absolute Gasteiger partial charge is 0.317 e. The van der Waals surface area contributed by atoms with E-state index in [1.807, 2.05) is 15.9 Å². The number of nitriles is 1. The van der Waals surface area contributed by atoms with Gasteiger partial charge in [-0.1, -0.05) is 11.6 Å². The minimum absolute atomic E-state index is 0.0298.